The van der Waals surface area contributed by atoms with Gasteiger partial charge in [-0.05, 0) is 37.3 Å². The van der Waals surface area contributed by atoms with Crippen molar-refractivity contribution >= 4 is 11.6 Å². The van der Waals surface area contributed by atoms with Gasteiger partial charge in [-0.15, -0.1) is 15.3 Å². The smallest absolute Gasteiger partial charge is 0.246 e. The topological polar surface area (TPSA) is 90.6 Å². The van der Waals surface area contributed by atoms with Crippen LogP contribution in [0.15, 0.2) is 36.4 Å². The van der Waals surface area contributed by atoms with Crippen LogP contribution in [0.2, 0.25) is 0 Å². The minimum atomic E-state index is -0.328. The van der Waals surface area contributed by atoms with E-state index >= 15 is 0 Å². The lowest BCUT2D eigenvalue weighted by atomic mass is 10.2. The van der Waals surface area contributed by atoms with Crippen molar-refractivity contribution in [3.8, 4) is 17.3 Å². The molecule has 0 unspecified atom stereocenters. The third-order valence-corrected chi connectivity index (χ3v) is 3.45. The molecule has 0 radical (unpaired) electrons. The van der Waals surface area contributed by atoms with Gasteiger partial charge in [0.25, 0.3) is 0 Å². The maximum Gasteiger partial charge on any atom is 0.246 e. The molecule has 0 aliphatic heterocycles. The summed E-state index contributed by atoms with van der Waals surface area (Å²) in [6.07, 6.45) is 0. The van der Waals surface area contributed by atoms with Crippen molar-refractivity contribution in [2.45, 2.75) is 6.92 Å². The van der Waals surface area contributed by atoms with Crippen LogP contribution < -0.4 is 10.1 Å². The van der Waals surface area contributed by atoms with Crippen LogP contribution in [-0.2, 0) is 9.53 Å². The van der Waals surface area contributed by atoms with Crippen LogP contribution in [0.25, 0.3) is 17.0 Å². The number of benzene rings is 1. The van der Waals surface area contributed by atoms with E-state index in [0.29, 0.717) is 36.1 Å². The molecule has 0 fully saturated rings. The highest BCUT2D eigenvalue weighted by atomic mass is 19.1. The first-order valence-electron chi connectivity index (χ1n) is 8.13. The van der Waals surface area contributed by atoms with Crippen molar-refractivity contribution in [3.05, 3.63) is 42.2 Å². The highest BCUT2D eigenvalue weighted by molar-refractivity contribution is 5.77. The van der Waals surface area contributed by atoms with Crippen LogP contribution in [-0.4, -0.2) is 52.1 Å². The van der Waals surface area contributed by atoms with E-state index in [2.05, 4.69) is 20.6 Å². The van der Waals surface area contributed by atoms with Crippen LogP contribution in [0, 0.1) is 5.82 Å². The minimum Gasteiger partial charge on any atom is -0.475 e. The Kier molecular flexibility index (Phi) is 5.69. The lowest BCUT2D eigenvalue weighted by Gasteiger charge is -2.07. The Hall–Kier alpha value is -3.07. The normalized spacial score (nSPS) is 10.8. The second-order valence-corrected chi connectivity index (χ2v) is 5.31. The van der Waals surface area contributed by atoms with E-state index in [9.17, 15) is 9.18 Å². The Bertz CT molecular complexity index is 882. The van der Waals surface area contributed by atoms with E-state index in [-0.39, 0.29) is 24.9 Å². The van der Waals surface area contributed by atoms with Gasteiger partial charge in [-0.2, -0.15) is 4.52 Å². The summed E-state index contributed by atoms with van der Waals surface area (Å²) in [6, 6.07) is 9.30. The molecule has 2 heterocycles. The molecule has 0 saturated carbocycles. The fourth-order valence-electron chi connectivity index (χ4n) is 2.22. The number of nitrogens with zero attached hydrogens (tertiary/aromatic N) is 4. The summed E-state index contributed by atoms with van der Waals surface area (Å²) in [6.45, 7) is 2.93. The van der Waals surface area contributed by atoms with Gasteiger partial charge in [0.2, 0.25) is 11.8 Å². The number of carbonyl (C=O) groups excluding carboxylic acids is 1. The van der Waals surface area contributed by atoms with Crippen molar-refractivity contribution in [1.82, 2.24) is 25.1 Å². The largest absolute Gasteiger partial charge is 0.475 e. The Morgan fingerprint density at radius 1 is 1.19 bits per heavy atom. The number of amides is 1. The predicted molar refractivity (Wildman–Crippen MR) is 91.2 cm³/mol. The second kappa shape index (κ2) is 8.34. The zero-order valence-electron chi connectivity index (χ0n) is 14.2. The van der Waals surface area contributed by atoms with Crippen molar-refractivity contribution < 1.29 is 18.7 Å². The van der Waals surface area contributed by atoms with Gasteiger partial charge in [0.1, 0.15) is 19.0 Å². The molecule has 8 nitrogen and oxygen atoms in total. The summed E-state index contributed by atoms with van der Waals surface area (Å²) >= 11 is 0. The minimum absolute atomic E-state index is 0.0302. The fraction of sp³-hybridized carbons (Fsp3) is 0.294. The first kappa shape index (κ1) is 17.7. The van der Waals surface area contributed by atoms with Crippen molar-refractivity contribution in [3.63, 3.8) is 0 Å². The number of fused-ring (bicyclic) bond motifs is 1. The van der Waals surface area contributed by atoms with Crippen LogP contribution in [0.4, 0.5) is 4.39 Å². The molecule has 0 bridgehead atoms. The SMILES string of the molecule is CCOCC(=O)NCCOc1ccc2nnc(-c3ccc(F)cc3)n2n1. The molecule has 1 aromatic carbocycles. The Morgan fingerprint density at radius 2 is 2.00 bits per heavy atom. The molecule has 1 amide bonds. The number of aromatic nitrogens is 4. The average molecular weight is 359 g/mol. The third-order valence-electron chi connectivity index (χ3n) is 3.45. The average Bonchev–Trinajstić information content (AvgIpc) is 3.07. The van der Waals surface area contributed by atoms with Crippen molar-refractivity contribution in [2.24, 2.45) is 0 Å². The molecule has 3 rings (SSSR count). The maximum atomic E-state index is 13.1. The van der Waals surface area contributed by atoms with Crippen molar-refractivity contribution in [1.29, 1.82) is 0 Å². The number of carbonyl (C=O) groups is 1. The van der Waals surface area contributed by atoms with Gasteiger partial charge in [0, 0.05) is 18.2 Å². The molecule has 1 N–H and O–H groups in total. The number of hydrogen-bond donors (Lipinski definition) is 1. The Labute approximate surface area is 148 Å². The zero-order chi connectivity index (χ0) is 18.4. The number of hydrogen-bond acceptors (Lipinski definition) is 6. The fourth-order valence-corrected chi connectivity index (χ4v) is 2.22. The van der Waals surface area contributed by atoms with Gasteiger partial charge >= 0.3 is 0 Å². The van der Waals surface area contributed by atoms with Gasteiger partial charge in [-0.25, -0.2) is 4.39 Å². The summed E-state index contributed by atoms with van der Waals surface area (Å²) in [4.78, 5) is 11.4. The Morgan fingerprint density at radius 3 is 2.77 bits per heavy atom. The van der Waals surface area contributed by atoms with Gasteiger partial charge in [-0.3, -0.25) is 4.79 Å². The van der Waals surface area contributed by atoms with Crippen LogP contribution in [0.3, 0.4) is 0 Å². The van der Waals surface area contributed by atoms with Gasteiger partial charge in [0.15, 0.2) is 11.5 Å². The van der Waals surface area contributed by atoms with Gasteiger partial charge < -0.3 is 14.8 Å². The quantitative estimate of drug-likeness (QED) is 0.613. The molecule has 2 aromatic heterocycles. The summed E-state index contributed by atoms with van der Waals surface area (Å²) < 4.78 is 25.2. The standard InChI is InChI=1S/C17H18FN5O3/c1-2-25-11-15(24)19-9-10-26-16-8-7-14-20-21-17(23(14)22-16)12-3-5-13(18)6-4-12/h3-8H,2,9-11H2,1H3,(H,19,24). The third kappa shape index (κ3) is 4.31. The number of rotatable bonds is 8. The molecule has 26 heavy (non-hydrogen) atoms. The predicted octanol–water partition coefficient (Wildman–Crippen LogP) is 1.46. The van der Waals surface area contributed by atoms with E-state index in [4.69, 9.17) is 9.47 Å². The number of ether oxygens (including phenoxy) is 2. The van der Waals surface area contributed by atoms with E-state index in [1.54, 1.807) is 24.3 Å². The summed E-state index contributed by atoms with van der Waals surface area (Å²) in [5.41, 5.74) is 1.23. The number of halogens is 1. The summed E-state index contributed by atoms with van der Waals surface area (Å²) in [5.74, 6) is 0.317. The number of nitrogens with one attached hydrogen (secondary N) is 1. The second-order valence-electron chi connectivity index (χ2n) is 5.31. The molecule has 0 saturated heterocycles. The molecular weight excluding hydrogens is 341 g/mol. The van der Waals surface area contributed by atoms with Gasteiger partial charge in [0.05, 0.1) is 6.54 Å². The zero-order valence-corrected chi connectivity index (χ0v) is 14.2. The van der Waals surface area contributed by atoms with E-state index < -0.39 is 0 Å². The van der Waals surface area contributed by atoms with Crippen LogP contribution >= 0.6 is 0 Å². The van der Waals surface area contributed by atoms with E-state index in [0.717, 1.165) is 0 Å². The van der Waals surface area contributed by atoms with Crippen LogP contribution in [0.5, 0.6) is 5.88 Å². The van der Waals surface area contributed by atoms with Gasteiger partial charge in [-0.1, -0.05) is 0 Å². The summed E-state index contributed by atoms with van der Waals surface area (Å²) in [5, 5.41) is 15.1. The molecule has 0 aliphatic rings. The van der Waals surface area contributed by atoms with Crippen LogP contribution in [0.1, 0.15) is 6.92 Å². The highest BCUT2D eigenvalue weighted by Gasteiger charge is 2.10. The molecule has 0 aliphatic carbocycles. The van der Waals surface area contributed by atoms with Crippen molar-refractivity contribution in [2.75, 3.05) is 26.4 Å². The molecule has 0 atom stereocenters. The first-order chi connectivity index (χ1) is 12.7. The Balaban J connectivity index is 1.64. The highest BCUT2D eigenvalue weighted by Crippen LogP contribution is 2.19. The first-order valence-corrected chi connectivity index (χ1v) is 8.13. The maximum absolute atomic E-state index is 13.1. The molecule has 0 spiro atoms. The summed E-state index contributed by atoms with van der Waals surface area (Å²) in [7, 11) is 0. The molecule has 9 heteroatoms. The molecule has 3 aromatic rings. The molecular formula is C17H18FN5O3. The van der Waals surface area contributed by atoms with E-state index in [1.165, 1.54) is 16.6 Å². The molecule has 136 valence electrons. The van der Waals surface area contributed by atoms with E-state index in [1.807, 2.05) is 6.92 Å². The monoisotopic (exact) mass is 359 g/mol. The lowest BCUT2D eigenvalue weighted by molar-refractivity contribution is -0.125. The lowest BCUT2D eigenvalue weighted by Crippen LogP contribution is -2.31.